The normalized spacial score (nSPS) is 15.7. The third-order valence-electron chi connectivity index (χ3n) is 3.50. The zero-order valence-electron chi connectivity index (χ0n) is 12.2. The molecule has 1 saturated heterocycles. The summed E-state index contributed by atoms with van der Waals surface area (Å²) in [5.41, 5.74) is 2.98. The highest BCUT2D eigenvalue weighted by Gasteiger charge is 2.14. The van der Waals surface area contributed by atoms with Crippen molar-refractivity contribution >= 4 is 5.69 Å². The monoisotopic (exact) mass is 273 g/mol. The van der Waals surface area contributed by atoms with Crippen LogP contribution in [0.3, 0.4) is 0 Å². The molecule has 1 aliphatic rings. The Bertz CT molecular complexity index is 459. The number of nitrogens with zero attached hydrogens (tertiary/aromatic N) is 2. The van der Waals surface area contributed by atoms with Crippen molar-refractivity contribution in [2.45, 2.75) is 26.3 Å². The summed E-state index contributed by atoms with van der Waals surface area (Å²) in [5, 5.41) is 12.8. The maximum Gasteiger partial charge on any atom is 0.101 e. The maximum atomic E-state index is 9.39. The Labute approximate surface area is 121 Å². The summed E-state index contributed by atoms with van der Waals surface area (Å²) in [7, 11) is 0. The average molecular weight is 273 g/mol. The van der Waals surface area contributed by atoms with Crippen LogP contribution in [-0.2, 0) is 11.3 Å². The smallest absolute Gasteiger partial charge is 0.101 e. The SMILES string of the molecule is CCCNCc1ccc(N2CCCOCC2)c(C#N)c1. The van der Waals surface area contributed by atoms with E-state index < -0.39 is 0 Å². The van der Waals surface area contributed by atoms with Gasteiger partial charge in [-0.15, -0.1) is 0 Å². The van der Waals surface area contributed by atoms with E-state index in [1.807, 2.05) is 6.07 Å². The molecule has 0 atom stereocenters. The fourth-order valence-electron chi connectivity index (χ4n) is 2.45. The van der Waals surface area contributed by atoms with Crippen LogP contribution in [0, 0.1) is 11.3 Å². The van der Waals surface area contributed by atoms with E-state index in [9.17, 15) is 5.26 Å². The molecular weight excluding hydrogens is 250 g/mol. The molecule has 0 aromatic heterocycles. The first kappa shape index (κ1) is 14.8. The summed E-state index contributed by atoms with van der Waals surface area (Å²) in [6.07, 6.45) is 2.14. The van der Waals surface area contributed by atoms with E-state index in [-0.39, 0.29) is 0 Å². The first-order valence-electron chi connectivity index (χ1n) is 7.41. The molecule has 1 heterocycles. The van der Waals surface area contributed by atoms with Crippen LogP contribution in [0.25, 0.3) is 0 Å². The highest BCUT2D eigenvalue weighted by molar-refractivity contribution is 5.60. The maximum absolute atomic E-state index is 9.39. The summed E-state index contributed by atoms with van der Waals surface area (Å²) in [6.45, 7) is 7.36. The predicted octanol–water partition coefficient (Wildman–Crippen LogP) is 2.28. The molecule has 1 N–H and O–H groups in total. The molecule has 1 aromatic carbocycles. The van der Waals surface area contributed by atoms with E-state index in [2.05, 4.69) is 35.3 Å². The van der Waals surface area contributed by atoms with Crippen LogP contribution < -0.4 is 10.2 Å². The molecule has 0 spiro atoms. The lowest BCUT2D eigenvalue weighted by Gasteiger charge is -2.23. The standard InChI is InChI=1S/C16H23N3O/c1-2-6-18-13-14-4-5-16(15(11-14)12-17)19-7-3-9-20-10-8-19/h4-5,11,18H,2-3,6-10,13H2,1H3. The van der Waals surface area contributed by atoms with Crippen molar-refractivity contribution < 1.29 is 4.74 Å². The fraction of sp³-hybridized carbons (Fsp3) is 0.562. The molecule has 0 unspecified atom stereocenters. The van der Waals surface area contributed by atoms with Gasteiger partial charge in [-0.05, 0) is 37.1 Å². The van der Waals surface area contributed by atoms with Gasteiger partial charge in [-0.3, -0.25) is 0 Å². The Balaban J connectivity index is 2.10. The summed E-state index contributed by atoms with van der Waals surface area (Å²) in [5.74, 6) is 0. The largest absolute Gasteiger partial charge is 0.380 e. The van der Waals surface area contributed by atoms with Gasteiger partial charge in [-0.25, -0.2) is 0 Å². The molecule has 1 aliphatic heterocycles. The minimum atomic E-state index is 0.741. The van der Waals surface area contributed by atoms with Gasteiger partial charge in [0.1, 0.15) is 6.07 Å². The number of nitriles is 1. The van der Waals surface area contributed by atoms with E-state index >= 15 is 0 Å². The molecule has 20 heavy (non-hydrogen) atoms. The zero-order valence-corrected chi connectivity index (χ0v) is 12.2. The first-order valence-corrected chi connectivity index (χ1v) is 7.41. The van der Waals surface area contributed by atoms with E-state index in [0.29, 0.717) is 0 Å². The van der Waals surface area contributed by atoms with Gasteiger partial charge in [0.2, 0.25) is 0 Å². The highest BCUT2D eigenvalue weighted by atomic mass is 16.5. The van der Waals surface area contributed by atoms with Crippen LogP contribution in [0.4, 0.5) is 5.69 Å². The van der Waals surface area contributed by atoms with E-state index in [4.69, 9.17) is 4.74 Å². The van der Waals surface area contributed by atoms with Crippen LogP contribution in [0.1, 0.15) is 30.9 Å². The molecule has 1 aromatic rings. The van der Waals surface area contributed by atoms with Crippen molar-refractivity contribution in [2.75, 3.05) is 37.7 Å². The minimum Gasteiger partial charge on any atom is -0.380 e. The molecule has 1 fully saturated rings. The molecule has 108 valence electrons. The molecule has 0 saturated carbocycles. The van der Waals surface area contributed by atoms with E-state index in [1.54, 1.807) is 0 Å². The highest BCUT2D eigenvalue weighted by Crippen LogP contribution is 2.22. The van der Waals surface area contributed by atoms with Crippen molar-refractivity contribution in [2.24, 2.45) is 0 Å². The van der Waals surface area contributed by atoms with Crippen LogP contribution in [-0.4, -0.2) is 32.8 Å². The third kappa shape index (κ3) is 3.96. The minimum absolute atomic E-state index is 0.741. The average Bonchev–Trinajstić information content (AvgIpc) is 2.76. The quantitative estimate of drug-likeness (QED) is 0.836. The molecule has 0 radical (unpaired) electrons. The number of nitrogens with one attached hydrogen (secondary N) is 1. The van der Waals surface area contributed by atoms with Crippen LogP contribution in [0.2, 0.25) is 0 Å². The zero-order chi connectivity index (χ0) is 14.2. The lowest BCUT2D eigenvalue weighted by molar-refractivity contribution is 0.152. The van der Waals surface area contributed by atoms with Crippen molar-refractivity contribution in [1.82, 2.24) is 5.32 Å². The number of benzene rings is 1. The molecular formula is C16H23N3O. The molecule has 2 rings (SSSR count). The van der Waals surface area contributed by atoms with Gasteiger partial charge in [0.05, 0.1) is 17.9 Å². The number of anilines is 1. The van der Waals surface area contributed by atoms with Gasteiger partial charge < -0.3 is 15.0 Å². The van der Waals surface area contributed by atoms with Gasteiger partial charge in [-0.1, -0.05) is 13.0 Å². The number of rotatable bonds is 5. The number of hydrogen-bond acceptors (Lipinski definition) is 4. The van der Waals surface area contributed by atoms with E-state index in [0.717, 1.165) is 63.5 Å². The van der Waals surface area contributed by atoms with Gasteiger partial charge in [-0.2, -0.15) is 5.26 Å². The second-order valence-corrected chi connectivity index (χ2v) is 5.09. The first-order chi connectivity index (χ1) is 9.85. The van der Waals surface area contributed by atoms with Crippen molar-refractivity contribution in [3.63, 3.8) is 0 Å². The predicted molar refractivity (Wildman–Crippen MR) is 80.8 cm³/mol. The molecule has 4 heteroatoms. The second kappa shape index (κ2) is 7.88. The number of ether oxygens (including phenoxy) is 1. The molecule has 0 aliphatic carbocycles. The lowest BCUT2D eigenvalue weighted by atomic mass is 10.1. The fourth-order valence-corrected chi connectivity index (χ4v) is 2.45. The summed E-state index contributed by atoms with van der Waals surface area (Å²) < 4.78 is 5.47. The summed E-state index contributed by atoms with van der Waals surface area (Å²) >= 11 is 0. The van der Waals surface area contributed by atoms with Gasteiger partial charge >= 0.3 is 0 Å². The molecule has 4 nitrogen and oxygen atoms in total. The molecule has 0 amide bonds. The van der Waals surface area contributed by atoms with Crippen molar-refractivity contribution in [3.8, 4) is 6.07 Å². The van der Waals surface area contributed by atoms with Crippen LogP contribution in [0.5, 0.6) is 0 Å². The second-order valence-electron chi connectivity index (χ2n) is 5.09. The Morgan fingerprint density at radius 3 is 3.05 bits per heavy atom. The van der Waals surface area contributed by atoms with Crippen molar-refractivity contribution in [1.29, 1.82) is 5.26 Å². The Hall–Kier alpha value is -1.57. The summed E-state index contributed by atoms with van der Waals surface area (Å²) in [4.78, 5) is 2.26. The van der Waals surface area contributed by atoms with Gasteiger partial charge in [0.15, 0.2) is 0 Å². The Kier molecular flexibility index (Phi) is 5.85. The summed E-state index contributed by atoms with van der Waals surface area (Å²) in [6, 6.07) is 8.53. The van der Waals surface area contributed by atoms with Crippen LogP contribution >= 0.6 is 0 Å². The third-order valence-corrected chi connectivity index (χ3v) is 3.50. The van der Waals surface area contributed by atoms with Gasteiger partial charge in [0.25, 0.3) is 0 Å². The molecule has 0 bridgehead atoms. The van der Waals surface area contributed by atoms with Crippen molar-refractivity contribution in [3.05, 3.63) is 29.3 Å². The Morgan fingerprint density at radius 2 is 2.25 bits per heavy atom. The van der Waals surface area contributed by atoms with Gasteiger partial charge in [0, 0.05) is 26.2 Å². The topological polar surface area (TPSA) is 48.3 Å². The van der Waals surface area contributed by atoms with E-state index in [1.165, 1.54) is 5.56 Å². The number of hydrogen-bond donors (Lipinski definition) is 1. The Morgan fingerprint density at radius 1 is 1.35 bits per heavy atom. The van der Waals surface area contributed by atoms with Crippen LogP contribution in [0.15, 0.2) is 18.2 Å². The lowest BCUT2D eigenvalue weighted by Crippen LogP contribution is -2.26.